The fraction of sp³-hybridized carbons (Fsp3) is 0.389. The Balaban J connectivity index is 1.62. The van der Waals surface area contributed by atoms with Crippen LogP contribution in [-0.4, -0.2) is 17.1 Å². The van der Waals surface area contributed by atoms with Crippen LogP contribution in [0.5, 0.6) is 0 Å². The molecular formula is C18H20FNO2S. The van der Waals surface area contributed by atoms with E-state index in [0.29, 0.717) is 31.2 Å². The van der Waals surface area contributed by atoms with E-state index in [1.54, 1.807) is 23.5 Å². The molecule has 1 heterocycles. The number of aryl methyl sites for hydroxylation is 1. The van der Waals surface area contributed by atoms with Gasteiger partial charge in [0.2, 0.25) is 0 Å². The SMILES string of the molecule is Cc1sccc1C(=O)NC1CCC(O)(c2cccc(F)c2)CC1. The monoisotopic (exact) mass is 333 g/mol. The summed E-state index contributed by atoms with van der Waals surface area (Å²) in [6, 6.07) is 8.04. The number of halogens is 1. The first-order chi connectivity index (χ1) is 11.0. The quantitative estimate of drug-likeness (QED) is 0.898. The second-order valence-corrected chi connectivity index (χ2v) is 7.30. The first kappa shape index (κ1) is 16.1. The number of hydrogen-bond acceptors (Lipinski definition) is 3. The van der Waals surface area contributed by atoms with Gasteiger partial charge in [-0.25, -0.2) is 4.39 Å². The fourth-order valence-corrected chi connectivity index (χ4v) is 3.89. The molecule has 1 aromatic carbocycles. The molecule has 0 spiro atoms. The maximum Gasteiger partial charge on any atom is 0.252 e. The minimum absolute atomic E-state index is 0.0510. The van der Waals surface area contributed by atoms with Crippen molar-refractivity contribution in [3.8, 4) is 0 Å². The van der Waals surface area contributed by atoms with E-state index in [-0.39, 0.29) is 17.8 Å². The number of hydrogen-bond donors (Lipinski definition) is 2. The lowest BCUT2D eigenvalue weighted by atomic mass is 9.77. The van der Waals surface area contributed by atoms with Crippen molar-refractivity contribution >= 4 is 17.2 Å². The normalized spacial score (nSPS) is 24.4. The minimum Gasteiger partial charge on any atom is -0.385 e. The highest BCUT2D eigenvalue weighted by Crippen LogP contribution is 2.37. The highest BCUT2D eigenvalue weighted by atomic mass is 32.1. The Morgan fingerprint density at radius 3 is 2.70 bits per heavy atom. The molecule has 23 heavy (non-hydrogen) atoms. The molecule has 1 fully saturated rings. The number of carbonyl (C=O) groups is 1. The summed E-state index contributed by atoms with van der Waals surface area (Å²) < 4.78 is 13.4. The molecule has 5 heteroatoms. The second-order valence-electron chi connectivity index (χ2n) is 6.18. The van der Waals surface area contributed by atoms with E-state index in [4.69, 9.17) is 0 Å². The van der Waals surface area contributed by atoms with Crippen molar-refractivity contribution < 1.29 is 14.3 Å². The zero-order chi connectivity index (χ0) is 16.4. The summed E-state index contributed by atoms with van der Waals surface area (Å²) >= 11 is 1.56. The third-order valence-corrected chi connectivity index (χ3v) is 5.46. The molecule has 2 N–H and O–H groups in total. The zero-order valence-corrected chi connectivity index (χ0v) is 13.8. The Bertz CT molecular complexity index is 705. The van der Waals surface area contributed by atoms with Crippen LogP contribution >= 0.6 is 11.3 Å². The van der Waals surface area contributed by atoms with Crippen molar-refractivity contribution in [1.82, 2.24) is 5.32 Å². The molecule has 0 radical (unpaired) electrons. The topological polar surface area (TPSA) is 49.3 Å². The smallest absolute Gasteiger partial charge is 0.252 e. The lowest BCUT2D eigenvalue weighted by Crippen LogP contribution is -2.42. The molecule has 0 unspecified atom stereocenters. The molecule has 1 amide bonds. The van der Waals surface area contributed by atoms with Crippen LogP contribution in [0.4, 0.5) is 4.39 Å². The van der Waals surface area contributed by atoms with Crippen molar-refractivity contribution in [2.45, 2.75) is 44.2 Å². The van der Waals surface area contributed by atoms with Crippen LogP contribution in [-0.2, 0) is 5.60 Å². The van der Waals surface area contributed by atoms with E-state index in [9.17, 15) is 14.3 Å². The molecule has 122 valence electrons. The van der Waals surface area contributed by atoms with Gasteiger partial charge in [-0.15, -0.1) is 11.3 Å². The number of thiophene rings is 1. The largest absolute Gasteiger partial charge is 0.385 e. The second kappa shape index (κ2) is 6.42. The van der Waals surface area contributed by atoms with Crippen LogP contribution in [0.3, 0.4) is 0 Å². The van der Waals surface area contributed by atoms with E-state index in [2.05, 4.69) is 5.32 Å². The number of rotatable bonds is 3. The predicted molar refractivity (Wildman–Crippen MR) is 89.1 cm³/mol. The van der Waals surface area contributed by atoms with Crippen molar-refractivity contribution in [2.24, 2.45) is 0 Å². The summed E-state index contributed by atoms with van der Waals surface area (Å²) in [6.07, 6.45) is 2.40. The molecule has 1 aliphatic rings. The summed E-state index contributed by atoms with van der Waals surface area (Å²) in [6.45, 7) is 1.93. The van der Waals surface area contributed by atoms with Gasteiger partial charge in [-0.2, -0.15) is 0 Å². The number of benzene rings is 1. The van der Waals surface area contributed by atoms with Crippen LogP contribution in [0.25, 0.3) is 0 Å². The van der Waals surface area contributed by atoms with Crippen molar-refractivity contribution in [1.29, 1.82) is 0 Å². The Morgan fingerprint density at radius 2 is 2.09 bits per heavy atom. The molecule has 2 aromatic rings. The number of nitrogens with one attached hydrogen (secondary N) is 1. The molecular weight excluding hydrogens is 313 g/mol. The van der Waals surface area contributed by atoms with E-state index >= 15 is 0 Å². The van der Waals surface area contributed by atoms with Crippen LogP contribution in [0.1, 0.15) is 46.5 Å². The van der Waals surface area contributed by atoms with Crippen LogP contribution in [0, 0.1) is 12.7 Å². The van der Waals surface area contributed by atoms with E-state index in [1.807, 2.05) is 18.4 Å². The molecule has 3 nitrogen and oxygen atoms in total. The van der Waals surface area contributed by atoms with Gasteiger partial charge < -0.3 is 10.4 Å². The third-order valence-electron chi connectivity index (χ3n) is 4.61. The van der Waals surface area contributed by atoms with Crippen molar-refractivity contribution in [3.63, 3.8) is 0 Å². The molecule has 1 saturated carbocycles. The van der Waals surface area contributed by atoms with Crippen molar-refractivity contribution in [2.75, 3.05) is 0 Å². The van der Waals surface area contributed by atoms with Crippen LogP contribution in [0.2, 0.25) is 0 Å². The van der Waals surface area contributed by atoms with E-state index < -0.39 is 5.60 Å². The lowest BCUT2D eigenvalue weighted by molar-refractivity contribution is -0.00827. The number of aliphatic hydroxyl groups is 1. The van der Waals surface area contributed by atoms with Gasteiger partial charge in [-0.3, -0.25) is 4.79 Å². The predicted octanol–water partition coefficient (Wildman–Crippen LogP) is 3.76. The summed E-state index contributed by atoms with van der Waals surface area (Å²) in [5.41, 5.74) is 0.346. The highest BCUT2D eigenvalue weighted by molar-refractivity contribution is 7.10. The Kier molecular flexibility index (Phi) is 4.50. The summed E-state index contributed by atoms with van der Waals surface area (Å²) in [7, 11) is 0. The maximum atomic E-state index is 13.4. The maximum absolute atomic E-state index is 13.4. The summed E-state index contributed by atoms with van der Waals surface area (Å²) in [4.78, 5) is 13.3. The standard InChI is InChI=1S/C18H20FNO2S/c1-12-16(7-10-23-12)17(21)20-15-5-8-18(22,9-6-15)13-3-2-4-14(19)11-13/h2-4,7,10-11,15,22H,5-6,8-9H2,1H3,(H,20,21). The van der Waals surface area contributed by atoms with Crippen molar-refractivity contribution in [3.05, 3.63) is 57.5 Å². The first-order valence-electron chi connectivity index (χ1n) is 7.81. The minimum atomic E-state index is -0.998. The molecule has 0 aliphatic heterocycles. The molecule has 3 rings (SSSR count). The van der Waals surface area contributed by atoms with E-state index in [0.717, 1.165) is 10.4 Å². The zero-order valence-electron chi connectivity index (χ0n) is 13.0. The first-order valence-corrected chi connectivity index (χ1v) is 8.69. The van der Waals surface area contributed by atoms with Gasteiger partial charge in [-0.05, 0) is 61.7 Å². The van der Waals surface area contributed by atoms with Gasteiger partial charge in [-0.1, -0.05) is 12.1 Å². The van der Waals surface area contributed by atoms with Gasteiger partial charge in [0.25, 0.3) is 5.91 Å². The number of carbonyl (C=O) groups excluding carboxylic acids is 1. The average molecular weight is 333 g/mol. The molecule has 0 atom stereocenters. The third kappa shape index (κ3) is 3.46. The van der Waals surface area contributed by atoms with Crippen LogP contribution in [0.15, 0.2) is 35.7 Å². The summed E-state index contributed by atoms with van der Waals surface area (Å²) in [5.74, 6) is -0.385. The molecule has 0 saturated heterocycles. The Hall–Kier alpha value is -1.72. The lowest BCUT2D eigenvalue weighted by Gasteiger charge is -2.36. The van der Waals surface area contributed by atoms with Gasteiger partial charge in [0.05, 0.1) is 11.2 Å². The Morgan fingerprint density at radius 1 is 1.35 bits per heavy atom. The van der Waals surface area contributed by atoms with Gasteiger partial charge >= 0.3 is 0 Å². The molecule has 1 aromatic heterocycles. The molecule has 1 aliphatic carbocycles. The van der Waals surface area contributed by atoms with Gasteiger partial charge in [0, 0.05) is 10.9 Å². The Labute approximate surface area is 139 Å². The van der Waals surface area contributed by atoms with Gasteiger partial charge in [0.1, 0.15) is 5.82 Å². The fourth-order valence-electron chi connectivity index (χ4n) is 3.19. The number of amides is 1. The van der Waals surface area contributed by atoms with E-state index in [1.165, 1.54) is 12.1 Å². The highest BCUT2D eigenvalue weighted by Gasteiger charge is 2.35. The molecule has 0 bridgehead atoms. The van der Waals surface area contributed by atoms with Gasteiger partial charge in [0.15, 0.2) is 0 Å². The summed E-state index contributed by atoms with van der Waals surface area (Å²) in [5, 5.41) is 15.7. The van der Waals surface area contributed by atoms with Crippen LogP contribution < -0.4 is 5.32 Å². The average Bonchev–Trinajstić information content (AvgIpc) is 2.96.